The lowest BCUT2D eigenvalue weighted by Gasteiger charge is -2.31. The molecule has 1 aromatic carbocycles. The van der Waals surface area contributed by atoms with Crippen molar-refractivity contribution in [1.82, 2.24) is 4.90 Å². The maximum Gasteiger partial charge on any atom is 0.279 e. The molecule has 21 heavy (non-hydrogen) atoms. The molecule has 2 rings (SSSR count). The van der Waals surface area contributed by atoms with Crippen molar-refractivity contribution in [1.29, 1.82) is 0 Å². The molecular weight excluding hydrogens is 297 g/mol. The summed E-state index contributed by atoms with van der Waals surface area (Å²) in [4.78, 5) is 26.0. The highest BCUT2D eigenvalue weighted by atomic mass is 35.5. The van der Waals surface area contributed by atoms with Gasteiger partial charge in [-0.25, -0.2) is 4.39 Å². The highest BCUT2D eigenvalue weighted by Crippen LogP contribution is 2.18. The topological polar surface area (TPSA) is 53.9 Å². The van der Waals surface area contributed by atoms with E-state index in [-0.39, 0.29) is 29.1 Å². The number of nitrogens with zero attached hydrogens (tertiary/aromatic N) is 1. The first-order valence-electron chi connectivity index (χ1n) is 6.79. The summed E-state index contributed by atoms with van der Waals surface area (Å²) in [6.07, 6.45) is 0. The zero-order valence-electron chi connectivity index (χ0n) is 11.8. The van der Waals surface area contributed by atoms with Crippen LogP contribution in [0.4, 0.5) is 10.1 Å². The van der Waals surface area contributed by atoms with Crippen LogP contribution < -0.4 is 10.2 Å². The van der Waals surface area contributed by atoms with Gasteiger partial charge in [0, 0.05) is 11.9 Å². The monoisotopic (exact) mass is 314 g/mol. The summed E-state index contributed by atoms with van der Waals surface area (Å²) in [7, 11) is 0. The van der Waals surface area contributed by atoms with Crippen LogP contribution in [-0.4, -0.2) is 49.4 Å². The van der Waals surface area contributed by atoms with Crippen molar-refractivity contribution < 1.29 is 18.9 Å². The fourth-order valence-corrected chi connectivity index (χ4v) is 2.49. The van der Waals surface area contributed by atoms with E-state index in [0.717, 1.165) is 24.1 Å². The van der Waals surface area contributed by atoms with Crippen molar-refractivity contribution in [2.45, 2.75) is 6.92 Å². The minimum Gasteiger partial charge on any atom is -0.332 e. The van der Waals surface area contributed by atoms with Gasteiger partial charge in [-0.15, -0.1) is 0 Å². The lowest BCUT2D eigenvalue weighted by molar-refractivity contribution is -0.895. The Morgan fingerprint density at radius 1 is 1.38 bits per heavy atom. The summed E-state index contributed by atoms with van der Waals surface area (Å²) in [5, 5.41) is 2.83. The van der Waals surface area contributed by atoms with Crippen LogP contribution in [0.3, 0.4) is 0 Å². The molecule has 0 radical (unpaired) electrons. The first-order valence-corrected chi connectivity index (χ1v) is 7.17. The summed E-state index contributed by atoms with van der Waals surface area (Å²) in [6.45, 7) is 4.53. The van der Waals surface area contributed by atoms with E-state index in [2.05, 4.69) is 5.32 Å². The van der Waals surface area contributed by atoms with Gasteiger partial charge in [-0.05, 0) is 18.2 Å². The summed E-state index contributed by atoms with van der Waals surface area (Å²) in [6, 6.07) is 4.13. The predicted molar refractivity (Wildman–Crippen MR) is 77.9 cm³/mol. The first kappa shape index (κ1) is 15.7. The molecule has 2 N–H and O–H groups in total. The number of amides is 2. The molecule has 1 heterocycles. The van der Waals surface area contributed by atoms with Gasteiger partial charge in [-0.1, -0.05) is 11.6 Å². The van der Waals surface area contributed by atoms with Gasteiger partial charge in [0.05, 0.1) is 31.9 Å². The Morgan fingerprint density at radius 2 is 2.05 bits per heavy atom. The Labute approximate surface area is 127 Å². The molecule has 0 bridgehead atoms. The third kappa shape index (κ3) is 4.41. The van der Waals surface area contributed by atoms with Crippen LogP contribution in [0.5, 0.6) is 0 Å². The van der Waals surface area contributed by atoms with E-state index in [1.165, 1.54) is 12.1 Å². The SMILES string of the molecule is CC(=O)N1CC[NH+](CC(=O)Nc2ccc(Cl)cc2F)CC1. The molecule has 0 spiro atoms. The Balaban J connectivity index is 1.84. The Hall–Kier alpha value is -1.66. The van der Waals surface area contributed by atoms with Crippen LogP contribution in [0.15, 0.2) is 18.2 Å². The van der Waals surface area contributed by atoms with Crippen molar-refractivity contribution in [3.8, 4) is 0 Å². The number of benzene rings is 1. The number of hydrogen-bond acceptors (Lipinski definition) is 2. The summed E-state index contributed by atoms with van der Waals surface area (Å²) >= 11 is 5.66. The second-order valence-corrected chi connectivity index (χ2v) is 5.54. The average Bonchev–Trinajstić information content (AvgIpc) is 2.42. The fraction of sp³-hybridized carbons (Fsp3) is 0.429. The number of halogens is 2. The van der Waals surface area contributed by atoms with Crippen LogP contribution in [0, 0.1) is 5.82 Å². The Bertz CT molecular complexity index is 545. The van der Waals surface area contributed by atoms with E-state index in [0.29, 0.717) is 13.1 Å². The largest absolute Gasteiger partial charge is 0.332 e. The maximum absolute atomic E-state index is 13.6. The third-order valence-electron chi connectivity index (χ3n) is 3.53. The van der Waals surface area contributed by atoms with Gasteiger partial charge in [0.15, 0.2) is 6.54 Å². The zero-order valence-corrected chi connectivity index (χ0v) is 12.5. The number of anilines is 1. The predicted octanol–water partition coefficient (Wildman–Crippen LogP) is 0.165. The second kappa shape index (κ2) is 6.87. The fourth-order valence-electron chi connectivity index (χ4n) is 2.33. The minimum absolute atomic E-state index is 0.0572. The average molecular weight is 315 g/mol. The Kier molecular flexibility index (Phi) is 5.14. The molecule has 1 fully saturated rings. The van der Waals surface area contributed by atoms with Crippen molar-refractivity contribution in [3.63, 3.8) is 0 Å². The first-order chi connectivity index (χ1) is 9.95. The van der Waals surface area contributed by atoms with Gasteiger partial charge in [0.25, 0.3) is 5.91 Å². The van der Waals surface area contributed by atoms with Crippen molar-refractivity contribution in [3.05, 3.63) is 29.0 Å². The number of quaternary nitrogens is 1. The molecule has 5 nitrogen and oxygen atoms in total. The highest BCUT2D eigenvalue weighted by molar-refractivity contribution is 6.30. The molecule has 0 aliphatic carbocycles. The van der Waals surface area contributed by atoms with Gasteiger partial charge >= 0.3 is 0 Å². The number of hydrogen-bond donors (Lipinski definition) is 2. The molecular formula is C14H18ClFN3O2+. The minimum atomic E-state index is -0.549. The zero-order chi connectivity index (χ0) is 15.4. The molecule has 0 aromatic heterocycles. The molecule has 1 saturated heterocycles. The van der Waals surface area contributed by atoms with Gasteiger partial charge in [-0.2, -0.15) is 0 Å². The molecule has 2 amide bonds. The molecule has 1 aliphatic rings. The smallest absolute Gasteiger partial charge is 0.279 e. The summed E-state index contributed by atoms with van der Waals surface area (Å²) < 4.78 is 13.6. The Morgan fingerprint density at radius 3 is 2.62 bits per heavy atom. The van der Waals surface area contributed by atoms with Gasteiger partial charge < -0.3 is 15.1 Å². The molecule has 7 heteroatoms. The molecule has 1 aromatic rings. The van der Waals surface area contributed by atoms with Crippen molar-refractivity contribution >= 4 is 29.1 Å². The number of carbonyl (C=O) groups is 2. The van der Waals surface area contributed by atoms with E-state index < -0.39 is 5.82 Å². The van der Waals surface area contributed by atoms with Crippen LogP contribution in [-0.2, 0) is 9.59 Å². The number of rotatable bonds is 3. The van der Waals surface area contributed by atoms with Crippen LogP contribution in [0.25, 0.3) is 0 Å². The van der Waals surface area contributed by atoms with E-state index in [1.807, 2.05) is 0 Å². The molecule has 1 aliphatic heterocycles. The third-order valence-corrected chi connectivity index (χ3v) is 3.77. The standard InChI is InChI=1S/C14H17ClFN3O2/c1-10(20)19-6-4-18(5-7-19)9-14(21)17-13-3-2-11(15)8-12(13)16/h2-3,8H,4-7,9H2,1H3,(H,17,21)/p+1. The summed E-state index contributed by atoms with van der Waals surface area (Å²) in [5.41, 5.74) is 0.131. The quantitative estimate of drug-likeness (QED) is 0.835. The van der Waals surface area contributed by atoms with Gasteiger partial charge in [0.1, 0.15) is 5.82 Å². The van der Waals surface area contributed by atoms with Crippen LogP contribution >= 0.6 is 11.6 Å². The maximum atomic E-state index is 13.6. The van der Waals surface area contributed by atoms with E-state index in [4.69, 9.17) is 11.6 Å². The summed E-state index contributed by atoms with van der Waals surface area (Å²) in [5.74, 6) is -0.739. The van der Waals surface area contributed by atoms with Crippen molar-refractivity contribution in [2.75, 3.05) is 38.0 Å². The number of nitrogens with one attached hydrogen (secondary N) is 2. The van der Waals surface area contributed by atoms with Crippen LogP contribution in [0.1, 0.15) is 6.92 Å². The van der Waals surface area contributed by atoms with E-state index in [9.17, 15) is 14.0 Å². The lowest BCUT2D eigenvalue weighted by Crippen LogP contribution is -3.15. The molecule has 0 saturated carbocycles. The lowest BCUT2D eigenvalue weighted by atomic mass is 10.3. The molecule has 0 unspecified atom stereocenters. The van der Waals surface area contributed by atoms with Gasteiger partial charge in [-0.3, -0.25) is 9.59 Å². The highest BCUT2D eigenvalue weighted by Gasteiger charge is 2.23. The van der Waals surface area contributed by atoms with E-state index in [1.54, 1.807) is 11.8 Å². The molecule has 114 valence electrons. The van der Waals surface area contributed by atoms with Crippen molar-refractivity contribution in [2.24, 2.45) is 0 Å². The van der Waals surface area contributed by atoms with Crippen LogP contribution in [0.2, 0.25) is 5.02 Å². The number of piperazine rings is 1. The van der Waals surface area contributed by atoms with Gasteiger partial charge in [0.2, 0.25) is 5.91 Å². The van der Waals surface area contributed by atoms with E-state index >= 15 is 0 Å². The number of carbonyl (C=O) groups excluding carboxylic acids is 2. The normalized spacial score (nSPS) is 15.9. The molecule has 0 atom stereocenters. The second-order valence-electron chi connectivity index (χ2n) is 5.11.